The van der Waals surface area contributed by atoms with Gasteiger partial charge in [0.05, 0.1) is 5.02 Å². The van der Waals surface area contributed by atoms with E-state index in [-0.39, 0.29) is 17.6 Å². The third-order valence-corrected chi connectivity index (χ3v) is 6.63. The lowest BCUT2D eigenvalue weighted by Crippen LogP contribution is -2.35. The Bertz CT molecular complexity index is 1180. The lowest BCUT2D eigenvalue weighted by atomic mass is 9.85. The Morgan fingerprint density at radius 3 is 2.38 bits per heavy atom. The molecule has 0 unspecified atom stereocenters. The minimum Gasteiger partial charge on any atom is -0.449 e. The van der Waals surface area contributed by atoms with Gasteiger partial charge in [-0.25, -0.2) is 4.98 Å². The molecule has 1 fully saturated rings. The first-order valence-electron chi connectivity index (χ1n) is 11.4. The number of carbonyl (C=O) groups is 2. The van der Waals surface area contributed by atoms with Crippen LogP contribution in [0.5, 0.6) is 0 Å². The van der Waals surface area contributed by atoms with Crippen molar-refractivity contribution in [3.8, 4) is 0 Å². The molecule has 0 bridgehead atoms. The van der Waals surface area contributed by atoms with E-state index in [1.165, 1.54) is 6.20 Å². The number of aromatic nitrogens is 1. The van der Waals surface area contributed by atoms with Crippen LogP contribution in [0.2, 0.25) is 5.02 Å². The quantitative estimate of drug-likeness (QED) is 0.520. The maximum Gasteiger partial charge on any atom is 0.294 e. The van der Waals surface area contributed by atoms with Gasteiger partial charge in [-0.2, -0.15) is 0 Å². The smallest absolute Gasteiger partial charge is 0.294 e. The number of benzene rings is 1. The van der Waals surface area contributed by atoms with E-state index in [2.05, 4.69) is 34.6 Å². The van der Waals surface area contributed by atoms with Crippen LogP contribution in [0.25, 0.3) is 11.0 Å². The summed E-state index contributed by atoms with van der Waals surface area (Å²) >= 11 is 5.89. The molecular weight excluding hydrogens is 454 g/mol. The third-order valence-electron chi connectivity index (χ3n) is 6.41. The first-order chi connectivity index (χ1) is 16.2. The lowest BCUT2D eigenvalue weighted by Gasteiger charge is -2.31. The SMILES string of the molecule is CN(C)c1ccc2oc(C(=O)Nc3ccc(Cl)cn3)c(NC(=O)[C@H]3CC[C@H](N(C)C)CC3)c2c1. The number of fused-ring (bicyclic) bond motifs is 1. The second-order valence-corrected chi connectivity index (χ2v) is 9.59. The van der Waals surface area contributed by atoms with E-state index >= 15 is 0 Å². The molecule has 0 spiro atoms. The summed E-state index contributed by atoms with van der Waals surface area (Å²) in [5.74, 6) is -0.314. The van der Waals surface area contributed by atoms with E-state index in [1.54, 1.807) is 18.2 Å². The second-order valence-electron chi connectivity index (χ2n) is 9.16. The van der Waals surface area contributed by atoms with Gasteiger partial charge in [-0.05, 0) is 70.1 Å². The highest BCUT2D eigenvalue weighted by Gasteiger charge is 2.30. The van der Waals surface area contributed by atoms with Crippen LogP contribution >= 0.6 is 11.6 Å². The first kappa shape index (κ1) is 24.0. The van der Waals surface area contributed by atoms with Crippen LogP contribution in [0, 0.1) is 5.92 Å². The molecule has 180 valence electrons. The van der Waals surface area contributed by atoms with Gasteiger partial charge in [0.2, 0.25) is 11.7 Å². The number of nitrogens with one attached hydrogen (secondary N) is 2. The lowest BCUT2D eigenvalue weighted by molar-refractivity contribution is -0.121. The monoisotopic (exact) mass is 483 g/mol. The highest BCUT2D eigenvalue weighted by atomic mass is 35.5. The molecule has 2 N–H and O–H groups in total. The fourth-order valence-electron chi connectivity index (χ4n) is 4.35. The molecule has 8 nitrogen and oxygen atoms in total. The summed E-state index contributed by atoms with van der Waals surface area (Å²) in [4.78, 5) is 34.7. The summed E-state index contributed by atoms with van der Waals surface area (Å²) in [5.41, 5.74) is 1.83. The maximum atomic E-state index is 13.2. The molecule has 0 atom stereocenters. The molecule has 0 radical (unpaired) electrons. The molecule has 0 saturated heterocycles. The molecule has 1 saturated carbocycles. The van der Waals surface area contributed by atoms with Crippen molar-refractivity contribution in [1.29, 1.82) is 0 Å². The van der Waals surface area contributed by atoms with Crippen molar-refractivity contribution in [3.05, 3.63) is 47.3 Å². The molecule has 34 heavy (non-hydrogen) atoms. The third kappa shape index (κ3) is 5.18. The Morgan fingerprint density at radius 1 is 1.03 bits per heavy atom. The standard InChI is InChI=1S/C25H30ClN5O3/c1-30(2)17-8-5-15(6-9-17)24(32)29-22-19-13-18(31(3)4)10-11-20(19)34-23(22)25(33)28-21-12-7-16(26)14-27-21/h7,10-15,17H,5-6,8-9H2,1-4H3,(H,29,32)(H,27,28,33)/t15-,17-. The zero-order valence-corrected chi connectivity index (χ0v) is 20.6. The summed E-state index contributed by atoms with van der Waals surface area (Å²) in [6, 6.07) is 9.36. The number of hydrogen-bond donors (Lipinski definition) is 2. The van der Waals surface area contributed by atoms with Gasteiger partial charge in [-0.15, -0.1) is 0 Å². The number of nitrogens with zero attached hydrogens (tertiary/aromatic N) is 3. The molecule has 2 heterocycles. The van der Waals surface area contributed by atoms with Crippen molar-refractivity contribution in [2.75, 3.05) is 43.7 Å². The number of rotatable bonds is 6. The average molecular weight is 484 g/mol. The highest BCUT2D eigenvalue weighted by molar-refractivity contribution is 6.30. The summed E-state index contributed by atoms with van der Waals surface area (Å²) in [6.45, 7) is 0. The Hall–Kier alpha value is -3.10. The van der Waals surface area contributed by atoms with Gasteiger partial charge in [-0.1, -0.05) is 11.6 Å². The van der Waals surface area contributed by atoms with Crippen LogP contribution in [-0.2, 0) is 4.79 Å². The molecule has 9 heteroatoms. The van der Waals surface area contributed by atoms with Crippen molar-refractivity contribution in [2.45, 2.75) is 31.7 Å². The normalized spacial score (nSPS) is 18.2. The number of amides is 2. The van der Waals surface area contributed by atoms with Crippen molar-refractivity contribution in [3.63, 3.8) is 0 Å². The van der Waals surface area contributed by atoms with Crippen molar-refractivity contribution < 1.29 is 14.0 Å². The number of halogens is 1. The molecule has 1 aliphatic carbocycles. The highest BCUT2D eigenvalue weighted by Crippen LogP contribution is 2.35. The summed E-state index contributed by atoms with van der Waals surface area (Å²) in [6.07, 6.45) is 5.01. The molecule has 1 aliphatic rings. The minimum absolute atomic E-state index is 0.0398. The molecule has 3 aromatic rings. The van der Waals surface area contributed by atoms with E-state index in [0.717, 1.165) is 31.4 Å². The first-order valence-corrected chi connectivity index (χ1v) is 11.7. The summed E-state index contributed by atoms with van der Waals surface area (Å²) < 4.78 is 5.92. The minimum atomic E-state index is -0.496. The molecule has 1 aromatic carbocycles. The van der Waals surface area contributed by atoms with Crippen LogP contribution in [-0.4, -0.2) is 55.9 Å². The molecular formula is C25H30ClN5O3. The largest absolute Gasteiger partial charge is 0.449 e. The zero-order valence-electron chi connectivity index (χ0n) is 19.9. The summed E-state index contributed by atoms with van der Waals surface area (Å²) in [5, 5.41) is 6.89. The number of anilines is 3. The predicted molar refractivity (Wildman–Crippen MR) is 136 cm³/mol. The number of pyridine rings is 1. The van der Waals surface area contributed by atoms with Gasteiger partial charge in [-0.3, -0.25) is 9.59 Å². The van der Waals surface area contributed by atoms with Gasteiger partial charge in [0.15, 0.2) is 0 Å². The summed E-state index contributed by atoms with van der Waals surface area (Å²) in [7, 11) is 8.02. The van der Waals surface area contributed by atoms with Crippen molar-refractivity contribution in [1.82, 2.24) is 9.88 Å². The van der Waals surface area contributed by atoms with Crippen LogP contribution in [0.15, 0.2) is 40.9 Å². The maximum absolute atomic E-state index is 13.2. The zero-order chi connectivity index (χ0) is 24.4. The van der Waals surface area contributed by atoms with Crippen LogP contribution in [0.3, 0.4) is 0 Å². The van der Waals surface area contributed by atoms with Gasteiger partial charge >= 0.3 is 0 Å². The van der Waals surface area contributed by atoms with E-state index in [1.807, 2.05) is 31.1 Å². The second kappa shape index (κ2) is 10.0. The topological polar surface area (TPSA) is 90.7 Å². The Morgan fingerprint density at radius 2 is 1.76 bits per heavy atom. The van der Waals surface area contributed by atoms with Crippen LogP contribution < -0.4 is 15.5 Å². The van der Waals surface area contributed by atoms with Crippen molar-refractivity contribution >= 4 is 51.6 Å². The molecule has 2 aromatic heterocycles. The fraction of sp³-hybridized carbons (Fsp3) is 0.400. The van der Waals surface area contributed by atoms with Crippen LogP contribution in [0.1, 0.15) is 36.2 Å². The number of furan rings is 1. The number of carbonyl (C=O) groups excluding carboxylic acids is 2. The predicted octanol–water partition coefficient (Wildman–Crippen LogP) is 4.86. The molecule has 0 aliphatic heterocycles. The average Bonchev–Trinajstić information content (AvgIpc) is 3.18. The van der Waals surface area contributed by atoms with Crippen molar-refractivity contribution in [2.24, 2.45) is 5.92 Å². The Labute approximate surface area is 204 Å². The van der Waals surface area contributed by atoms with Gasteiger partial charge in [0, 0.05) is 43.3 Å². The van der Waals surface area contributed by atoms with E-state index in [0.29, 0.717) is 33.5 Å². The molecule has 4 rings (SSSR count). The molecule has 2 amide bonds. The van der Waals surface area contributed by atoms with E-state index < -0.39 is 5.91 Å². The Kier molecular flexibility index (Phi) is 7.09. The van der Waals surface area contributed by atoms with E-state index in [9.17, 15) is 9.59 Å². The fourth-order valence-corrected chi connectivity index (χ4v) is 4.46. The van der Waals surface area contributed by atoms with Gasteiger partial charge in [0.1, 0.15) is 17.1 Å². The van der Waals surface area contributed by atoms with Crippen LogP contribution in [0.4, 0.5) is 17.2 Å². The number of hydrogen-bond acceptors (Lipinski definition) is 6. The van der Waals surface area contributed by atoms with Gasteiger partial charge < -0.3 is 24.9 Å². The van der Waals surface area contributed by atoms with E-state index in [4.69, 9.17) is 16.0 Å². The Balaban J connectivity index is 1.63. The van der Waals surface area contributed by atoms with Gasteiger partial charge in [0.25, 0.3) is 5.91 Å².